The van der Waals surface area contributed by atoms with Crippen molar-refractivity contribution in [2.24, 2.45) is 0 Å². The minimum Gasteiger partial charge on any atom is -0.497 e. The lowest BCUT2D eigenvalue weighted by molar-refractivity contribution is -0.126. The van der Waals surface area contributed by atoms with Crippen LogP contribution in [0.2, 0.25) is 0 Å². The van der Waals surface area contributed by atoms with Crippen LogP contribution in [0.25, 0.3) is 17.2 Å². The number of rotatable bonds is 4. The summed E-state index contributed by atoms with van der Waals surface area (Å²) in [5, 5.41) is 0. The number of nitrogens with zero attached hydrogens (tertiary/aromatic N) is 2. The van der Waals surface area contributed by atoms with Gasteiger partial charge in [0.1, 0.15) is 11.3 Å². The van der Waals surface area contributed by atoms with Crippen molar-refractivity contribution in [2.45, 2.75) is 18.9 Å². The standard InChI is InChI=1S/C21H20N2O3/c1-25-16-7-4-6-15(14-16)18-9-5-13-23(18)21(24)12-11-20-22-17-8-2-3-10-19(17)26-20/h2-4,6-8,10-12,14,18H,5,9,13H2,1H3/b12-11+. The number of para-hydroxylation sites is 2. The highest BCUT2D eigenvalue weighted by molar-refractivity contribution is 5.92. The number of carbonyl (C=O) groups excluding carboxylic acids is 1. The van der Waals surface area contributed by atoms with Crippen molar-refractivity contribution in [3.8, 4) is 5.75 Å². The first kappa shape index (κ1) is 16.4. The number of oxazole rings is 1. The molecule has 1 amide bonds. The van der Waals surface area contributed by atoms with Crippen LogP contribution in [0.15, 0.2) is 59.0 Å². The van der Waals surface area contributed by atoms with Crippen LogP contribution in [0.5, 0.6) is 5.75 Å². The molecule has 26 heavy (non-hydrogen) atoms. The second-order valence-corrected chi connectivity index (χ2v) is 6.32. The lowest BCUT2D eigenvalue weighted by Crippen LogP contribution is -2.28. The van der Waals surface area contributed by atoms with Gasteiger partial charge in [-0.2, -0.15) is 0 Å². The molecular weight excluding hydrogens is 328 g/mol. The maximum atomic E-state index is 12.7. The van der Waals surface area contributed by atoms with Gasteiger partial charge in [0.25, 0.3) is 0 Å². The molecule has 5 nitrogen and oxygen atoms in total. The van der Waals surface area contributed by atoms with Crippen molar-refractivity contribution in [2.75, 3.05) is 13.7 Å². The van der Waals surface area contributed by atoms with E-state index < -0.39 is 0 Å². The topological polar surface area (TPSA) is 55.6 Å². The summed E-state index contributed by atoms with van der Waals surface area (Å²) in [6.45, 7) is 0.749. The van der Waals surface area contributed by atoms with E-state index in [9.17, 15) is 4.79 Å². The Bertz CT molecular complexity index is 928. The molecule has 1 aromatic heterocycles. The van der Waals surface area contributed by atoms with E-state index in [4.69, 9.17) is 9.15 Å². The second-order valence-electron chi connectivity index (χ2n) is 6.32. The Morgan fingerprint density at radius 2 is 2.15 bits per heavy atom. The van der Waals surface area contributed by atoms with E-state index in [1.807, 2.05) is 53.4 Å². The molecule has 3 aromatic rings. The third kappa shape index (κ3) is 3.20. The fourth-order valence-corrected chi connectivity index (χ4v) is 3.43. The summed E-state index contributed by atoms with van der Waals surface area (Å²) < 4.78 is 10.9. The Hall–Kier alpha value is -3.08. The average molecular weight is 348 g/mol. The number of aromatic nitrogens is 1. The number of hydrogen-bond acceptors (Lipinski definition) is 4. The van der Waals surface area contributed by atoms with Gasteiger partial charge in [-0.25, -0.2) is 4.98 Å². The Morgan fingerprint density at radius 3 is 3.00 bits per heavy atom. The van der Waals surface area contributed by atoms with Crippen LogP contribution in [0, 0.1) is 0 Å². The van der Waals surface area contributed by atoms with Gasteiger partial charge in [0.15, 0.2) is 5.58 Å². The fraction of sp³-hybridized carbons (Fsp3) is 0.238. The molecule has 0 saturated carbocycles. The number of carbonyl (C=O) groups is 1. The smallest absolute Gasteiger partial charge is 0.247 e. The van der Waals surface area contributed by atoms with Crippen molar-refractivity contribution < 1.29 is 13.9 Å². The predicted octanol–water partition coefficient (Wildman–Crippen LogP) is 4.21. The minimum atomic E-state index is -0.0300. The van der Waals surface area contributed by atoms with Crippen LogP contribution in [-0.2, 0) is 4.79 Å². The quantitative estimate of drug-likeness (QED) is 0.663. The molecule has 1 aliphatic heterocycles. The van der Waals surface area contributed by atoms with Gasteiger partial charge in [-0.05, 0) is 42.7 Å². The lowest BCUT2D eigenvalue weighted by Gasteiger charge is -2.24. The van der Waals surface area contributed by atoms with Crippen LogP contribution >= 0.6 is 0 Å². The van der Waals surface area contributed by atoms with Gasteiger partial charge < -0.3 is 14.1 Å². The predicted molar refractivity (Wildman–Crippen MR) is 99.7 cm³/mol. The lowest BCUT2D eigenvalue weighted by atomic mass is 10.0. The second kappa shape index (κ2) is 7.04. The van der Waals surface area contributed by atoms with Gasteiger partial charge in [0.2, 0.25) is 11.8 Å². The van der Waals surface area contributed by atoms with Gasteiger partial charge in [-0.1, -0.05) is 24.3 Å². The van der Waals surface area contributed by atoms with E-state index in [1.54, 1.807) is 19.3 Å². The van der Waals surface area contributed by atoms with E-state index in [-0.39, 0.29) is 11.9 Å². The summed E-state index contributed by atoms with van der Waals surface area (Å²) >= 11 is 0. The molecule has 4 rings (SSSR count). The summed E-state index contributed by atoms with van der Waals surface area (Å²) in [5.41, 5.74) is 2.61. The summed E-state index contributed by atoms with van der Waals surface area (Å²) in [6.07, 6.45) is 5.13. The van der Waals surface area contributed by atoms with Crippen molar-refractivity contribution in [1.82, 2.24) is 9.88 Å². The summed E-state index contributed by atoms with van der Waals surface area (Å²) in [6, 6.07) is 15.6. The molecule has 1 saturated heterocycles. The normalized spacial score (nSPS) is 17.3. The van der Waals surface area contributed by atoms with Gasteiger partial charge in [0, 0.05) is 18.7 Å². The molecule has 1 atom stereocenters. The van der Waals surface area contributed by atoms with E-state index >= 15 is 0 Å². The van der Waals surface area contributed by atoms with Gasteiger partial charge in [0.05, 0.1) is 13.2 Å². The molecule has 0 bridgehead atoms. The largest absolute Gasteiger partial charge is 0.497 e. The molecule has 0 aliphatic carbocycles. The highest BCUT2D eigenvalue weighted by Crippen LogP contribution is 2.33. The van der Waals surface area contributed by atoms with Crippen LogP contribution in [0.3, 0.4) is 0 Å². The molecule has 5 heteroatoms. The first-order chi connectivity index (χ1) is 12.7. The van der Waals surface area contributed by atoms with E-state index in [0.717, 1.165) is 41.8 Å². The summed E-state index contributed by atoms with van der Waals surface area (Å²) in [5.74, 6) is 1.22. The van der Waals surface area contributed by atoms with E-state index in [2.05, 4.69) is 4.98 Å². The zero-order valence-electron chi connectivity index (χ0n) is 14.6. The van der Waals surface area contributed by atoms with Crippen LogP contribution in [0.4, 0.5) is 0 Å². The molecular formula is C21H20N2O3. The van der Waals surface area contributed by atoms with E-state index in [1.165, 1.54) is 0 Å². The monoisotopic (exact) mass is 348 g/mol. The number of methoxy groups -OCH3 is 1. The zero-order chi connectivity index (χ0) is 17.9. The maximum absolute atomic E-state index is 12.7. The molecule has 2 heterocycles. The molecule has 0 radical (unpaired) electrons. The molecule has 1 fully saturated rings. The van der Waals surface area contributed by atoms with Gasteiger partial charge in [-0.15, -0.1) is 0 Å². The zero-order valence-corrected chi connectivity index (χ0v) is 14.6. The minimum absolute atomic E-state index is 0.0300. The summed E-state index contributed by atoms with van der Waals surface area (Å²) in [4.78, 5) is 19.0. The number of ether oxygens (including phenoxy) is 1. The third-order valence-electron chi connectivity index (χ3n) is 4.69. The first-order valence-electron chi connectivity index (χ1n) is 8.73. The third-order valence-corrected chi connectivity index (χ3v) is 4.69. The Morgan fingerprint density at radius 1 is 1.27 bits per heavy atom. The molecule has 0 spiro atoms. The first-order valence-corrected chi connectivity index (χ1v) is 8.73. The van der Waals surface area contributed by atoms with Gasteiger partial charge in [-0.3, -0.25) is 4.79 Å². The SMILES string of the molecule is COc1cccc(C2CCCN2C(=O)/C=C/c2nc3ccccc3o2)c1. The molecule has 1 aliphatic rings. The molecule has 132 valence electrons. The number of hydrogen-bond donors (Lipinski definition) is 0. The van der Waals surface area contributed by atoms with Crippen LogP contribution in [0.1, 0.15) is 30.3 Å². The molecule has 0 N–H and O–H groups in total. The number of likely N-dealkylation sites (tertiary alicyclic amines) is 1. The fourth-order valence-electron chi connectivity index (χ4n) is 3.43. The molecule has 1 unspecified atom stereocenters. The van der Waals surface area contributed by atoms with Crippen molar-refractivity contribution in [1.29, 1.82) is 0 Å². The van der Waals surface area contributed by atoms with Crippen molar-refractivity contribution in [3.05, 3.63) is 66.1 Å². The van der Waals surface area contributed by atoms with Gasteiger partial charge >= 0.3 is 0 Å². The Labute approximate surface area is 151 Å². The highest BCUT2D eigenvalue weighted by atomic mass is 16.5. The van der Waals surface area contributed by atoms with E-state index in [0.29, 0.717) is 5.89 Å². The van der Waals surface area contributed by atoms with Crippen LogP contribution < -0.4 is 4.74 Å². The maximum Gasteiger partial charge on any atom is 0.247 e. The number of amides is 1. The summed E-state index contributed by atoms with van der Waals surface area (Å²) in [7, 11) is 1.65. The average Bonchev–Trinajstić information content (AvgIpc) is 3.32. The number of fused-ring (bicyclic) bond motifs is 1. The van der Waals surface area contributed by atoms with Crippen molar-refractivity contribution >= 4 is 23.1 Å². The Kier molecular flexibility index (Phi) is 4.44. The molecule has 2 aromatic carbocycles. The van der Waals surface area contributed by atoms with Crippen LogP contribution in [-0.4, -0.2) is 29.4 Å². The van der Waals surface area contributed by atoms with Crippen molar-refractivity contribution in [3.63, 3.8) is 0 Å². The highest BCUT2D eigenvalue weighted by Gasteiger charge is 2.29. The Balaban J connectivity index is 1.52. The number of benzene rings is 2.